The normalized spacial score (nSPS) is 25.5. The van der Waals surface area contributed by atoms with Crippen LogP contribution in [0.1, 0.15) is 115 Å². The zero-order valence-electron chi connectivity index (χ0n) is 35.8. The summed E-state index contributed by atoms with van der Waals surface area (Å²) in [6.07, 6.45) is 13.7. The fraction of sp³-hybridized carbons (Fsp3) is 0.451. The van der Waals surface area contributed by atoms with Crippen molar-refractivity contribution in [3.63, 3.8) is 0 Å². The first-order chi connectivity index (χ1) is 30.1. The van der Waals surface area contributed by atoms with E-state index in [1.54, 1.807) is 19.2 Å². The fourth-order valence-corrected chi connectivity index (χ4v) is 11.7. The Bertz CT molecular complexity index is 2540. The van der Waals surface area contributed by atoms with Gasteiger partial charge in [0, 0.05) is 65.2 Å². The number of phenols is 2. The number of fused-ring (bicyclic) bond motifs is 9. The second-order valence-electron chi connectivity index (χ2n) is 18.3. The third kappa shape index (κ3) is 7.11. The SMILES string of the molecule is CNC[C@@H]1Oc2c(O)cc3c(c2C=C[C@@H]1NC1CCCCC1)[C@H]1Oc2c(ccc4c2[C@@]2(CC[C@@H](Cc5ccc(N)nc5C#CC3)C2)Cc2cc(O)cc(OC)c2-4)[C@@H]1COC(C)=O. The number of hydrogen-bond donors (Lipinski definition) is 5. The lowest BCUT2D eigenvalue weighted by Gasteiger charge is -2.39. The van der Waals surface area contributed by atoms with Crippen molar-refractivity contribution in [1.82, 2.24) is 15.6 Å². The highest BCUT2D eigenvalue weighted by atomic mass is 16.5. The average Bonchev–Trinajstić information content (AvgIpc) is 3.77. The van der Waals surface area contributed by atoms with Gasteiger partial charge in [-0.2, -0.15) is 0 Å². The molecule has 11 heteroatoms. The third-order valence-corrected chi connectivity index (χ3v) is 14.4. The van der Waals surface area contributed by atoms with Crippen LogP contribution in [0.4, 0.5) is 5.82 Å². The van der Waals surface area contributed by atoms with Crippen LogP contribution in [0.15, 0.2) is 48.5 Å². The van der Waals surface area contributed by atoms with Crippen LogP contribution in [0, 0.1) is 17.8 Å². The number of aromatic hydroxyl groups is 2. The van der Waals surface area contributed by atoms with E-state index in [0.717, 1.165) is 94.3 Å². The van der Waals surface area contributed by atoms with Gasteiger partial charge in [0.25, 0.3) is 0 Å². The lowest BCUT2D eigenvalue weighted by molar-refractivity contribution is -0.141. The van der Waals surface area contributed by atoms with Crippen LogP contribution >= 0.6 is 0 Å². The summed E-state index contributed by atoms with van der Waals surface area (Å²) in [4.78, 5) is 17.4. The summed E-state index contributed by atoms with van der Waals surface area (Å²) in [5.74, 6) is 8.79. The lowest BCUT2D eigenvalue weighted by Crippen LogP contribution is -2.50. The highest BCUT2D eigenvalue weighted by Crippen LogP contribution is 2.63. The van der Waals surface area contributed by atoms with E-state index in [9.17, 15) is 15.0 Å². The standard InChI is InChI=1S/C51H56N4O7/c1-28(56)60-27-38-35-13-14-36-45-32(21-34(57)23-42(45)59-3)25-51-19-18-29(24-51)20-30-12-17-44(52)55-39(30)11-7-8-31-22-41(58)48-37(46(31)49(38)62-50(35)47(36)51)15-16-40(43(61-48)26-53-2)54-33-9-5-4-6-10-33/h12-17,21-23,29,33,38,40,43,49,53-54,57-58H,4-6,8-10,18-20,24-27H2,1-3H3,(H2,52,55)/t29-,38-,40-,43-,49-,51+/m0/s1. The van der Waals surface area contributed by atoms with Crippen molar-refractivity contribution in [3.05, 3.63) is 93.2 Å². The molecular formula is C51H56N4O7. The first-order valence-corrected chi connectivity index (χ1v) is 22.4. The minimum atomic E-state index is -0.635. The summed E-state index contributed by atoms with van der Waals surface area (Å²) < 4.78 is 26.4. The Kier molecular flexibility index (Phi) is 10.6. The Labute approximate surface area is 363 Å². The predicted molar refractivity (Wildman–Crippen MR) is 238 cm³/mol. The molecule has 0 radical (unpaired) electrons. The molecule has 322 valence electrons. The number of pyridine rings is 1. The molecular weight excluding hydrogens is 781 g/mol. The number of carbonyl (C=O) groups excluding carboxylic acids is 1. The molecule has 62 heavy (non-hydrogen) atoms. The van der Waals surface area contributed by atoms with Crippen LogP contribution in [0.2, 0.25) is 0 Å². The zero-order chi connectivity index (χ0) is 42.7. The first kappa shape index (κ1) is 40.4. The van der Waals surface area contributed by atoms with Gasteiger partial charge in [0.05, 0.1) is 19.1 Å². The van der Waals surface area contributed by atoms with Crippen LogP contribution in [0.5, 0.6) is 28.7 Å². The summed E-state index contributed by atoms with van der Waals surface area (Å²) in [5, 5.41) is 30.2. The van der Waals surface area contributed by atoms with Crippen molar-refractivity contribution >= 4 is 17.9 Å². The zero-order valence-corrected chi connectivity index (χ0v) is 35.8. The second kappa shape index (κ2) is 16.2. The number of carbonyl (C=O) groups is 1. The summed E-state index contributed by atoms with van der Waals surface area (Å²) >= 11 is 0. The van der Waals surface area contributed by atoms with Crippen LogP contribution in [0.25, 0.3) is 17.2 Å². The van der Waals surface area contributed by atoms with Gasteiger partial charge in [-0.1, -0.05) is 55.5 Å². The molecule has 2 saturated carbocycles. The number of methoxy groups -OCH3 is 1. The average molecular weight is 837 g/mol. The van der Waals surface area contributed by atoms with E-state index in [1.807, 2.05) is 19.2 Å². The molecule has 1 spiro atoms. The monoisotopic (exact) mass is 836 g/mol. The Hall–Kier alpha value is -5.70. The van der Waals surface area contributed by atoms with E-state index in [-0.39, 0.29) is 48.1 Å². The molecule has 11 nitrogen and oxygen atoms in total. The summed E-state index contributed by atoms with van der Waals surface area (Å²) in [6.45, 7) is 2.09. The Morgan fingerprint density at radius 3 is 2.69 bits per heavy atom. The van der Waals surface area contributed by atoms with E-state index >= 15 is 0 Å². The molecule has 2 fully saturated rings. The topological polar surface area (TPSA) is 157 Å². The molecule has 3 aliphatic heterocycles. The molecule has 4 bridgehead atoms. The first-order valence-electron chi connectivity index (χ1n) is 22.4. The van der Waals surface area contributed by atoms with Crippen molar-refractivity contribution in [2.24, 2.45) is 5.92 Å². The minimum absolute atomic E-state index is 0.0259. The van der Waals surface area contributed by atoms with Crippen molar-refractivity contribution in [1.29, 1.82) is 0 Å². The Balaban J connectivity index is 1.21. The number of ether oxygens (including phenoxy) is 4. The summed E-state index contributed by atoms with van der Waals surface area (Å²) in [5.41, 5.74) is 15.2. The largest absolute Gasteiger partial charge is 0.508 e. The molecule has 4 aromatic rings. The molecule has 0 saturated heterocycles. The second-order valence-corrected chi connectivity index (χ2v) is 18.3. The van der Waals surface area contributed by atoms with Gasteiger partial charge in [-0.15, -0.1) is 0 Å². The van der Waals surface area contributed by atoms with Crippen molar-refractivity contribution in [3.8, 4) is 51.7 Å². The van der Waals surface area contributed by atoms with Crippen molar-refractivity contribution in [2.75, 3.05) is 33.0 Å². The molecule has 3 aromatic carbocycles. The number of nitrogen functional groups attached to an aromatic ring is 1. The molecule has 4 heterocycles. The number of likely N-dealkylation sites (N-methyl/N-ethyl adjacent to an activating group) is 1. The quantitative estimate of drug-likeness (QED) is 0.0925. The van der Waals surface area contributed by atoms with E-state index in [4.69, 9.17) is 29.7 Å². The van der Waals surface area contributed by atoms with Gasteiger partial charge in [0.2, 0.25) is 0 Å². The van der Waals surface area contributed by atoms with E-state index in [1.165, 1.54) is 26.2 Å². The highest BCUT2D eigenvalue weighted by molar-refractivity contribution is 5.84. The van der Waals surface area contributed by atoms with Crippen molar-refractivity contribution < 1.29 is 34.0 Å². The van der Waals surface area contributed by atoms with Crippen LogP contribution in [-0.2, 0) is 34.2 Å². The molecule has 10 rings (SSSR count). The predicted octanol–water partition coefficient (Wildman–Crippen LogP) is 7.56. The number of benzene rings is 3. The lowest BCUT2D eigenvalue weighted by atomic mass is 9.65. The summed E-state index contributed by atoms with van der Waals surface area (Å²) in [7, 11) is 3.56. The van der Waals surface area contributed by atoms with Gasteiger partial charge in [0.15, 0.2) is 11.5 Å². The number of hydrogen-bond acceptors (Lipinski definition) is 11. The maximum absolute atomic E-state index is 12.6. The molecule has 3 aliphatic carbocycles. The number of aromatic nitrogens is 1. The summed E-state index contributed by atoms with van der Waals surface area (Å²) in [6, 6.07) is 13.8. The van der Waals surface area contributed by atoms with Gasteiger partial charge in [-0.05, 0) is 104 Å². The number of rotatable bonds is 7. The van der Waals surface area contributed by atoms with E-state index in [2.05, 4.69) is 52.8 Å². The fourth-order valence-electron chi connectivity index (χ4n) is 11.7. The van der Waals surface area contributed by atoms with E-state index in [0.29, 0.717) is 47.9 Å². The molecule has 1 aromatic heterocycles. The Morgan fingerprint density at radius 1 is 1.03 bits per heavy atom. The highest BCUT2D eigenvalue weighted by Gasteiger charge is 2.51. The molecule has 0 unspecified atom stereocenters. The molecule has 6 aliphatic rings. The molecule has 6 N–H and O–H groups in total. The van der Waals surface area contributed by atoms with Gasteiger partial charge in [-0.3, -0.25) is 4.79 Å². The number of nitrogens with one attached hydrogen (secondary N) is 2. The van der Waals surface area contributed by atoms with Gasteiger partial charge < -0.3 is 45.5 Å². The number of esters is 1. The number of nitrogens with zero attached hydrogens (tertiary/aromatic N) is 1. The van der Waals surface area contributed by atoms with E-state index < -0.39 is 12.0 Å². The molecule has 6 atom stereocenters. The van der Waals surface area contributed by atoms with Gasteiger partial charge in [-0.25, -0.2) is 4.98 Å². The van der Waals surface area contributed by atoms with Gasteiger partial charge >= 0.3 is 5.97 Å². The third-order valence-electron chi connectivity index (χ3n) is 14.4. The van der Waals surface area contributed by atoms with Crippen LogP contribution in [-0.4, -0.2) is 66.7 Å². The Morgan fingerprint density at radius 2 is 1.89 bits per heavy atom. The maximum Gasteiger partial charge on any atom is 0.302 e. The van der Waals surface area contributed by atoms with Gasteiger partial charge in [0.1, 0.15) is 47.6 Å². The number of phenolic OH excluding ortho intramolecular Hbond substituents is 2. The number of nitrogens with two attached hydrogens (primary N) is 1. The van der Waals surface area contributed by atoms with Crippen LogP contribution in [0.3, 0.4) is 0 Å². The smallest absolute Gasteiger partial charge is 0.302 e. The minimum Gasteiger partial charge on any atom is -0.508 e. The van der Waals surface area contributed by atoms with Crippen molar-refractivity contribution in [2.45, 2.75) is 113 Å². The number of anilines is 1. The van der Waals surface area contributed by atoms with Crippen LogP contribution < -0.4 is 30.6 Å². The molecule has 0 amide bonds. The maximum atomic E-state index is 12.6.